The van der Waals surface area contributed by atoms with Crippen LogP contribution < -0.4 is 11.2 Å². The highest BCUT2D eigenvalue weighted by Gasteiger charge is 2.19. The summed E-state index contributed by atoms with van der Waals surface area (Å²) in [5, 5.41) is 0. The Morgan fingerprint density at radius 1 is 1.53 bits per heavy atom. The van der Waals surface area contributed by atoms with Crippen LogP contribution in [0.2, 0.25) is 0 Å². The zero-order valence-corrected chi connectivity index (χ0v) is 11.8. The molecule has 5 nitrogen and oxygen atoms in total. The zero-order valence-electron chi connectivity index (χ0n) is 9.69. The molecule has 17 heavy (non-hydrogen) atoms. The highest BCUT2D eigenvalue weighted by molar-refractivity contribution is 14.1. The molecule has 1 aliphatic heterocycles. The number of halogens is 1. The summed E-state index contributed by atoms with van der Waals surface area (Å²) in [5.74, 6) is 0. The SMILES string of the molecule is CCn1cc(I)c(=O)n(CC2CCCO2)c1=O. The van der Waals surface area contributed by atoms with Gasteiger partial charge in [-0.2, -0.15) is 0 Å². The zero-order chi connectivity index (χ0) is 12.4. The van der Waals surface area contributed by atoms with Crippen molar-refractivity contribution in [2.45, 2.75) is 39.0 Å². The van der Waals surface area contributed by atoms with E-state index < -0.39 is 0 Å². The Kier molecular flexibility index (Phi) is 4.03. The molecule has 2 rings (SSSR count). The number of hydrogen-bond acceptors (Lipinski definition) is 3. The van der Waals surface area contributed by atoms with Gasteiger partial charge in [-0.1, -0.05) is 0 Å². The lowest BCUT2D eigenvalue weighted by molar-refractivity contribution is 0.0945. The van der Waals surface area contributed by atoms with Crippen molar-refractivity contribution >= 4 is 22.6 Å². The van der Waals surface area contributed by atoms with Crippen molar-refractivity contribution in [2.75, 3.05) is 6.61 Å². The number of rotatable bonds is 3. The van der Waals surface area contributed by atoms with Crippen LogP contribution in [0.5, 0.6) is 0 Å². The van der Waals surface area contributed by atoms with Gasteiger partial charge in [0.05, 0.1) is 16.2 Å². The van der Waals surface area contributed by atoms with Crippen LogP contribution in [0.3, 0.4) is 0 Å². The van der Waals surface area contributed by atoms with Crippen LogP contribution in [-0.2, 0) is 17.8 Å². The van der Waals surface area contributed by atoms with E-state index in [1.807, 2.05) is 29.5 Å². The monoisotopic (exact) mass is 350 g/mol. The van der Waals surface area contributed by atoms with Crippen molar-refractivity contribution in [3.05, 3.63) is 30.6 Å². The lowest BCUT2D eigenvalue weighted by Gasteiger charge is -2.13. The van der Waals surface area contributed by atoms with Gasteiger partial charge < -0.3 is 4.74 Å². The van der Waals surface area contributed by atoms with E-state index in [0.29, 0.717) is 16.7 Å². The second kappa shape index (κ2) is 5.34. The van der Waals surface area contributed by atoms with Gasteiger partial charge in [-0.05, 0) is 42.4 Å². The maximum absolute atomic E-state index is 12.0. The Hall–Kier alpha value is -0.630. The summed E-state index contributed by atoms with van der Waals surface area (Å²) < 4.78 is 8.89. The summed E-state index contributed by atoms with van der Waals surface area (Å²) in [6.45, 7) is 3.55. The molecule has 1 aromatic heterocycles. The maximum Gasteiger partial charge on any atom is 0.331 e. The Morgan fingerprint density at radius 2 is 2.29 bits per heavy atom. The molecule has 1 aliphatic rings. The quantitative estimate of drug-likeness (QED) is 0.759. The van der Waals surface area contributed by atoms with E-state index in [1.165, 1.54) is 4.57 Å². The van der Waals surface area contributed by atoms with Gasteiger partial charge in [0.2, 0.25) is 0 Å². The average molecular weight is 350 g/mol. The minimum absolute atomic E-state index is 0.00362. The summed E-state index contributed by atoms with van der Waals surface area (Å²) in [4.78, 5) is 24.0. The molecule has 0 bridgehead atoms. The van der Waals surface area contributed by atoms with E-state index in [0.717, 1.165) is 19.4 Å². The Bertz CT molecular complexity index is 514. The van der Waals surface area contributed by atoms with Gasteiger partial charge in [-0.3, -0.25) is 13.9 Å². The standard InChI is InChI=1S/C11H15IN2O3/c1-2-13-7-9(12)10(15)14(11(13)16)6-8-4-3-5-17-8/h7-8H,2-6H2,1H3. The molecule has 1 unspecified atom stereocenters. The molecule has 1 saturated heterocycles. The fourth-order valence-electron chi connectivity index (χ4n) is 2.00. The van der Waals surface area contributed by atoms with Crippen LogP contribution in [0, 0.1) is 3.57 Å². The number of aromatic nitrogens is 2. The molecule has 0 saturated carbocycles. The Labute approximate surface area is 113 Å². The molecule has 94 valence electrons. The second-order valence-corrected chi connectivity index (χ2v) is 5.26. The first kappa shape index (κ1) is 12.8. The topological polar surface area (TPSA) is 53.2 Å². The fourth-order valence-corrected chi connectivity index (χ4v) is 2.63. The van der Waals surface area contributed by atoms with E-state index >= 15 is 0 Å². The normalized spacial score (nSPS) is 19.8. The lowest BCUT2D eigenvalue weighted by atomic mass is 10.2. The highest BCUT2D eigenvalue weighted by atomic mass is 127. The maximum atomic E-state index is 12.0. The van der Waals surface area contributed by atoms with Gasteiger partial charge in [0.1, 0.15) is 0 Å². The molecule has 0 spiro atoms. The van der Waals surface area contributed by atoms with Crippen molar-refractivity contribution in [1.82, 2.24) is 9.13 Å². The van der Waals surface area contributed by atoms with Crippen LogP contribution in [-0.4, -0.2) is 21.8 Å². The molecular weight excluding hydrogens is 335 g/mol. The van der Waals surface area contributed by atoms with Crippen LogP contribution in [0.1, 0.15) is 19.8 Å². The number of ether oxygens (including phenoxy) is 1. The smallest absolute Gasteiger partial charge is 0.331 e. The molecule has 0 amide bonds. The van der Waals surface area contributed by atoms with E-state index in [2.05, 4.69) is 0 Å². The van der Waals surface area contributed by atoms with Crippen LogP contribution in [0.4, 0.5) is 0 Å². The van der Waals surface area contributed by atoms with Crippen LogP contribution in [0.15, 0.2) is 15.8 Å². The average Bonchev–Trinajstić information content (AvgIpc) is 2.82. The first-order valence-corrected chi connectivity index (χ1v) is 6.82. The van der Waals surface area contributed by atoms with Crippen molar-refractivity contribution in [2.24, 2.45) is 0 Å². The van der Waals surface area contributed by atoms with Gasteiger partial charge in [-0.25, -0.2) is 4.79 Å². The fraction of sp³-hybridized carbons (Fsp3) is 0.636. The summed E-state index contributed by atoms with van der Waals surface area (Å²) in [5.41, 5.74) is -0.454. The largest absolute Gasteiger partial charge is 0.376 e. The van der Waals surface area contributed by atoms with Crippen LogP contribution >= 0.6 is 22.6 Å². The predicted molar refractivity (Wildman–Crippen MR) is 72.3 cm³/mol. The van der Waals surface area contributed by atoms with Crippen molar-refractivity contribution in [1.29, 1.82) is 0 Å². The van der Waals surface area contributed by atoms with E-state index in [4.69, 9.17) is 4.74 Å². The third-order valence-electron chi connectivity index (χ3n) is 2.95. The van der Waals surface area contributed by atoms with Gasteiger partial charge >= 0.3 is 5.69 Å². The number of hydrogen-bond donors (Lipinski definition) is 0. The van der Waals surface area contributed by atoms with Crippen LogP contribution in [0.25, 0.3) is 0 Å². The van der Waals surface area contributed by atoms with Gasteiger partial charge in [0, 0.05) is 19.3 Å². The molecule has 2 heterocycles. The minimum Gasteiger partial charge on any atom is -0.376 e. The number of nitrogens with zero attached hydrogens (tertiary/aromatic N) is 2. The van der Waals surface area contributed by atoms with E-state index in [-0.39, 0.29) is 17.4 Å². The summed E-state index contributed by atoms with van der Waals surface area (Å²) >= 11 is 1.97. The van der Waals surface area contributed by atoms with Gasteiger partial charge in [0.15, 0.2) is 0 Å². The van der Waals surface area contributed by atoms with E-state index in [1.54, 1.807) is 10.8 Å². The third kappa shape index (κ3) is 2.62. The predicted octanol–water partition coefficient (Wildman–Crippen LogP) is 0.813. The first-order valence-electron chi connectivity index (χ1n) is 5.75. The summed E-state index contributed by atoms with van der Waals surface area (Å²) in [7, 11) is 0. The van der Waals surface area contributed by atoms with Gasteiger partial charge in [-0.15, -0.1) is 0 Å². The third-order valence-corrected chi connectivity index (χ3v) is 3.69. The molecule has 1 fully saturated rings. The van der Waals surface area contributed by atoms with Crippen molar-refractivity contribution < 1.29 is 4.74 Å². The molecule has 1 atom stereocenters. The molecular formula is C11H15IN2O3. The molecule has 0 aromatic carbocycles. The first-order chi connectivity index (χ1) is 8.13. The molecule has 0 radical (unpaired) electrons. The molecule has 1 aromatic rings. The highest BCUT2D eigenvalue weighted by Crippen LogP contribution is 2.12. The summed E-state index contributed by atoms with van der Waals surface area (Å²) in [6.07, 6.45) is 3.54. The lowest BCUT2D eigenvalue weighted by Crippen LogP contribution is -2.43. The Morgan fingerprint density at radius 3 is 2.88 bits per heavy atom. The summed E-state index contributed by atoms with van der Waals surface area (Å²) in [6, 6.07) is 0. The van der Waals surface area contributed by atoms with Gasteiger partial charge in [0.25, 0.3) is 5.56 Å². The van der Waals surface area contributed by atoms with Crippen molar-refractivity contribution in [3.8, 4) is 0 Å². The Balaban J connectivity index is 2.40. The molecule has 6 heteroatoms. The van der Waals surface area contributed by atoms with Crippen molar-refractivity contribution in [3.63, 3.8) is 0 Å². The van der Waals surface area contributed by atoms with E-state index in [9.17, 15) is 9.59 Å². The molecule has 0 aliphatic carbocycles. The second-order valence-electron chi connectivity index (χ2n) is 4.10. The molecule has 0 N–H and O–H groups in total. The minimum atomic E-state index is -0.242. The number of aryl methyl sites for hydroxylation is 1.